The summed E-state index contributed by atoms with van der Waals surface area (Å²) in [5, 5.41) is 0. The molecule has 1 aromatic carbocycles. The van der Waals surface area contributed by atoms with Crippen molar-refractivity contribution in [2.24, 2.45) is 0 Å². The average molecular weight is 365 g/mol. The number of aromatic nitrogens is 2. The average Bonchev–Trinajstić information content (AvgIpc) is 3.11. The SMILES string of the molecule is CC(C)n1ccnc1C1CCN(C(=O)c2ccc(C(F)(F)F)cc2)CC1. The summed E-state index contributed by atoms with van der Waals surface area (Å²) in [5.74, 6) is 1.12. The first-order valence-electron chi connectivity index (χ1n) is 8.76. The molecule has 3 rings (SSSR count). The molecule has 0 unspecified atom stereocenters. The minimum absolute atomic E-state index is 0.218. The van der Waals surface area contributed by atoms with Crippen LogP contribution in [0.3, 0.4) is 0 Å². The Morgan fingerprint density at radius 3 is 2.31 bits per heavy atom. The first kappa shape index (κ1) is 18.5. The van der Waals surface area contributed by atoms with Crippen LogP contribution in [0.2, 0.25) is 0 Å². The van der Waals surface area contributed by atoms with Gasteiger partial charge in [0.1, 0.15) is 5.82 Å². The first-order chi connectivity index (χ1) is 12.3. The Morgan fingerprint density at radius 2 is 1.77 bits per heavy atom. The maximum absolute atomic E-state index is 12.6. The smallest absolute Gasteiger partial charge is 0.339 e. The Kier molecular flexibility index (Phi) is 5.07. The molecule has 0 bridgehead atoms. The highest BCUT2D eigenvalue weighted by Gasteiger charge is 2.31. The Bertz CT molecular complexity index is 757. The van der Waals surface area contributed by atoms with Crippen LogP contribution in [-0.2, 0) is 6.18 Å². The summed E-state index contributed by atoms with van der Waals surface area (Å²) in [4.78, 5) is 18.7. The molecule has 0 radical (unpaired) electrons. The van der Waals surface area contributed by atoms with Crippen LogP contribution in [-0.4, -0.2) is 33.4 Å². The summed E-state index contributed by atoms with van der Waals surface area (Å²) >= 11 is 0. The van der Waals surface area contributed by atoms with E-state index in [1.807, 2.05) is 6.20 Å². The summed E-state index contributed by atoms with van der Waals surface area (Å²) in [6.45, 7) is 5.37. The minimum Gasteiger partial charge on any atom is -0.339 e. The van der Waals surface area contributed by atoms with E-state index in [2.05, 4.69) is 23.4 Å². The number of piperidine rings is 1. The van der Waals surface area contributed by atoms with Gasteiger partial charge in [-0.1, -0.05) is 0 Å². The van der Waals surface area contributed by atoms with E-state index >= 15 is 0 Å². The summed E-state index contributed by atoms with van der Waals surface area (Å²) in [7, 11) is 0. The molecule has 140 valence electrons. The van der Waals surface area contributed by atoms with Gasteiger partial charge < -0.3 is 9.47 Å². The number of hydrogen-bond acceptors (Lipinski definition) is 2. The van der Waals surface area contributed by atoms with Gasteiger partial charge in [0.25, 0.3) is 5.91 Å². The fraction of sp³-hybridized carbons (Fsp3) is 0.474. The minimum atomic E-state index is -4.39. The molecule has 1 fully saturated rings. The van der Waals surface area contributed by atoms with Crippen molar-refractivity contribution in [3.8, 4) is 0 Å². The van der Waals surface area contributed by atoms with Crippen molar-refractivity contribution in [2.75, 3.05) is 13.1 Å². The van der Waals surface area contributed by atoms with Crippen LogP contribution < -0.4 is 0 Å². The molecule has 26 heavy (non-hydrogen) atoms. The van der Waals surface area contributed by atoms with E-state index in [1.165, 1.54) is 12.1 Å². The van der Waals surface area contributed by atoms with E-state index in [0.29, 0.717) is 30.6 Å². The molecule has 7 heteroatoms. The molecular weight excluding hydrogens is 343 g/mol. The van der Waals surface area contributed by atoms with Crippen molar-refractivity contribution in [1.82, 2.24) is 14.5 Å². The number of halogens is 3. The van der Waals surface area contributed by atoms with Gasteiger partial charge in [-0.25, -0.2) is 4.98 Å². The number of imidazole rings is 1. The van der Waals surface area contributed by atoms with E-state index in [4.69, 9.17) is 0 Å². The lowest BCUT2D eigenvalue weighted by Crippen LogP contribution is -2.38. The fourth-order valence-corrected chi connectivity index (χ4v) is 3.40. The predicted molar refractivity (Wildman–Crippen MR) is 91.9 cm³/mol. The van der Waals surface area contributed by atoms with Crippen LogP contribution in [0.4, 0.5) is 13.2 Å². The van der Waals surface area contributed by atoms with Gasteiger partial charge in [0.15, 0.2) is 0 Å². The van der Waals surface area contributed by atoms with Crippen LogP contribution in [0.25, 0.3) is 0 Å². The molecule has 1 aromatic heterocycles. The van der Waals surface area contributed by atoms with Crippen LogP contribution in [0.15, 0.2) is 36.7 Å². The Morgan fingerprint density at radius 1 is 1.15 bits per heavy atom. The highest BCUT2D eigenvalue weighted by Crippen LogP contribution is 2.31. The van der Waals surface area contributed by atoms with Crippen LogP contribution >= 0.6 is 0 Å². The molecular formula is C19H22F3N3O. The second kappa shape index (κ2) is 7.13. The molecule has 1 saturated heterocycles. The second-order valence-corrected chi connectivity index (χ2v) is 6.93. The quantitative estimate of drug-likeness (QED) is 0.803. The van der Waals surface area contributed by atoms with Gasteiger partial charge in [0.2, 0.25) is 0 Å². The largest absolute Gasteiger partial charge is 0.416 e. The van der Waals surface area contributed by atoms with Crippen molar-refractivity contribution in [3.63, 3.8) is 0 Å². The fourth-order valence-electron chi connectivity index (χ4n) is 3.40. The number of benzene rings is 1. The monoisotopic (exact) mass is 365 g/mol. The molecule has 0 atom stereocenters. The molecule has 1 aliphatic heterocycles. The molecule has 2 aromatic rings. The molecule has 0 spiro atoms. The third-order valence-corrected chi connectivity index (χ3v) is 4.86. The molecule has 4 nitrogen and oxygen atoms in total. The van der Waals surface area contributed by atoms with Crippen LogP contribution in [0, 0.1) is 0 Å². The Balaban J connectivity index is 1.64. The van der Waals surface area contributed by atoms with Crippen molar-refractivity contribution in [2.45, 2.75) is 44.8 Å². The highest BCUT2D eigenvalue weighted by molar-refractivity contribution is 5.94. The van der Waals surface area contributed by atoms with Gasteiger partial charge in [-0.3, -0.25) is 4.79 Å². The number of carbonyl (C=O) groups is 1. The number of hydrogen-bond donors (Lipinski definition) is 0. The number of nitrogens with zero attached hydrogens (tertiary/aromatic N) is 3. The molecule has 0 N–H and O–H groups in total. The van der Waals surface area contributed by atoms with Gasteiger partial charge in [0.05, 0.1) is 5.56 Å². The number of likely N-dealkylation sites (tertiary alicyclic amines) is 1. The molecule has 0 saturated carbocycles. The third-order valence-electron chi connectivity index (χ3n) is 4.86. The summed E-state index contributed by atoms with van der Waals surface area (Å²) < 4.78 is 40.1. The van der Waals surface area contributed by atoms with Crippen molar-refractivity contribution >= 4 is 5.91 Å². The topological polar surface area (TPSA) is 38.1 Å². The maximum atomic E-state index is 12.6. The summed E-state index contributed by atoms with van der Waals surface area (Å²) in [6.07, 6.45) is 0.985. The Hall–Kier alpha value is -2.31. The van der Waals surface area contributed by atoms with E-state index in [9.17, 15) is 18.0 Å². The normalized spacial score (nSPS) is 16.3. The molecule has 1 amide bonds. The molecule has 2 heterocycles. The van der Waals surface area contributed by atoms with Gasteiger partial charge in [-0.05, 0) is 51.0 Å². The second-order valence-electron chi connectivity index (χ2n) is 6.93. The zero-order valence-corrected chi connectivity index (χ0v) is 14.8. The van der Waals surface area contributed by atoms with E-state index in [0.717, 1.165) is 30.8 Å². The van der Waals surface area contributed by atoms with E-state index in [-0.39, 0.29) is 5.91 Å². The van der Waals surface area contributed by atoms with Crippen molar-refractivity contribution in [3.05, 3.63) is 53.6 Å². The van der Waals surface area contributed by atoms with Crippen LogP contribution in [0.5, 0.6) is 0 Å². The van der Waals surface area contributed by atoms with Gasteiger partial charge >= 0.3 is 6.18 Å². The zero-order chi connectivity index (χ0) is 18.9. The molecule has 0 aliphatic carbocycles. The lowest BCUT2D eigenvalue weighted by atomic mass is 9.95. The van der Waals surface area contributed by atoms with E-state index in [1.54, 1.807) is 11.1 Å². The Labute approximate surface area is 150 Å². The van der Waals surface area contributed by atoms with Gasteiger partial charge in [0, 0.05) is 43.0 Å². The van der Waals surface area contributed by atoms with Gasteiger partial charge in [-0.2, -0.15) is 13.2 Å². The first-order valence-corrected chi connectivity index (χ1v) is 8.76. The highest BCUT2D eigenvalue weighted by atomic mass is 19.4. The predicted octanol–water partition coefficient (Wildman–Crippen LogP) is 4.50. The number of rotatable bonds is 3. The van der Waals surface area contributed by atoms with E-state index < -0.39 is 11.7 Å². The third kappa shape index (κ3) is 3.76. The van der Waals surface area contributed by atoms with Crippen LogP contribution in [0.1, 0.15) is 60.4 Å². The zero-order valence-electron chi connectivity index (χ0n) is 14.8. The van der Waals surface area contributed by atoms with Crippen molar-refractivity contribution < 1.29 is 18.0 Å². The lowest BCUT2D eigenvalue weighted by Gasteiger charge is -2.32. The summed E-state index contributed by atoms with van der Waals surface area (Å²) in [5.41, 5.74) is -0.451. The summed E-state index contributed by atoms with van der Waals surface area (Å²) in [6, 6.07) is 4.75. The molecule has 1 aliphatic rings. The standard InChI is InChI=1S/C19H22F3N3O/c1-13(2)25-12-9-23-17(25)14-7-10-24(11-8-14)18(26)15-3-5-16(6-4-15)19(20,21)22/h3-6,9,12-14H,7-8,10-11H2,1-2H3. The van der Waals surface area contributed by atoms with Gasteiger partial charge in [-0.15, -0.1) is 0 Å². The maximum Gasteiger partial charge on any atom is 0.416 e. The lowest BCUT2D eigenvalue weighted by molar-refractivity contribution is -0.137. The van der Waals surface area contributed by atoms with Crippen molar-refractivity contribution in [1.29, 1.82) is 0 Å². The number of amides is 1. The number of carbonyl (C=O) groups excluding carboxylic acids is 1. The number of alkyl halides is 3.